The zero-order valence-electron chi connectivity index (χ0n) is 9.31. The molecule has 0 aliphatic heterocycles. The highest BCUT2D eigenvalue weighted by atomic mass is 35.5. The van der Waals surface area contributed by atoms with E-state index in [1.165, 1.54) is 13.2 Å². The molecule has 1 aromatic heterocycles. The van der Waals surface area contributed by atoms with Gasteiger partial charge in [-0.1, -0.05) is 11.6 Å². The van der Waals surface area contributed by atoms with Crippen molar-refractivity contribution in [2.45, 2.75) is 18.9 Å². The fourth-order valence-electron chi connectivity index (χ4n) is 1.92. The topological polar surface area (TPSA) is 85.4 Å². The van der Waals surface area contributed by atoms with Gasteiger partial charge in [0.25, 0.3) is 0 Å². The lowest BCUT2D eigenvalue weighted by atomic mass is 9.93. The molecule has 1 aliphatic carbocycles. The van der Waals surface area contributed by atoms with E-state index in [1.54, 1.807) is 6.07 Å². The highest BCUT2D eigenvalue weighted by Crippen LogP contribution is 2.56. The Morgan fingerprint density at radius 3 is 2.76 bits per heavy atom. The number of aliphatic hydroxyl groups excluding tert-OH is 1. The summed E-state index contributed by atoms with van der Waals surface area (Å²) in [5, 5.41) is 10.5. The molecule has 1 saturated carbocycles. The zero-order valence-corrected chi connectivity index (χ0v) is 10.1. The number of hydrogen-bond acceptors (Lipinski definition) is 5. The van der Waals surface area contributed by atoms with Crippen molar-refractivity contribution in [3.63, 3.8) is 0 Å². The molecule has 3 N–H and O–H groups in total. The number of hydrogen-bond donors (Lipinski definition) is 2. The van der Waals surface area contributed by atoms with Crippen molar-refractivity contribution >= 4 is 23.4 Å². The molecule has 0 spiro atoms. The molecule has 1 atom stereocenters. The van der Waals surface area contributed by atoms with Crippen LogP contribution in [0.4, 0.5) is 5.82 Å². The van der Waals surface area contributed by atoms with Gasteiger partial charge in [-0.3, -0.25) is 4.79 Å². The maximum atomic E-state index is 11.6. The second-order valence-electron chi connectivity index (χ2n) is 4.16. The van der Waals surface area contributed by atoms with Gasteiger partial charge >= 0.3 is 5.97 Å². The second-order valence-corrected chi connectivity index (χ2v) is 4.55. The Morgan fingerprint density at radius 2 is 2.29 bits per heavy atom. The fraction of sp³-hybridized carbons (Fsp3) is 0.455. The normalized spacial score (nSPS) is 18.5. The average Bonchev–Trinajstić information content (AvgIpc) is 3.08. The highest BCUT2D eigenvalue weighted by Gasteiger charge is 2.57. The summed E-state index contributed by atoms with van der Waals surface area (Å²) in [6.45, 7) is 0. The van der Waals surface area contributed by atoms with Crippen molar-refractivity contribution in [3.8, 4) is 0 Å². The summed E-state index contributed by atoms with van der Waals surface area (Å²) in [7, 11) is 1.30. The Labute approximate surface area is 104 Å². The first kappa shape index (κ1) is 12.1. The van der Waals surface area contributed by atoms with Gasteiger partial charge < -0.3 is 15.6 Å². The minimum absolute atomic E-state index is 0.139. The van der Waals surface area contributed by atoms with E-state index in [4.69, 9.17) is 22.1 Å². The molecule has 6 heteroatoms. The number of rotatable bonds is 3. The first-order valence-corrected chi connectivity index (χ1v) is 5.57. The number of esters is 1. The SMILES string of the molecule is COC(=O)C1(C(O)c2ccc(Cl)nc2N)CC1. The average molecular weight is 257 g/mol. The zero-order chi connectivity index (χ0) is 12.6. The van der Waals surface area contributed by atoms with E-state index in [0.29, 0.717) is 18.4 Å². The first-order chi connectivity index (χ1) is 8.01. The molecule has 0 bridgehead atoms. The maximum Gasteiger partial charge on any atom is 0.314 e. The Kier molecular flexibility index (Phi) is 2.97. The van der Waals surface area contributed by atoms with E-state index in [1.807, 2.05) is 0 Å². The molecule has 1 aromatic rings. The number of pyridine rings is 1. The van der Waals surface area contributed by atoms with Gasteiger partial charge in [0, 0.05) is 5.56 Å². The summed E-state index contributed by atoms with van der Waals surface area (Å²) in [5.41, 5.74) is 5.23. The van der Waals surface area contributed by atoms with Crippen LogP contribution in [0.25, 0.3) is 0 Å². The molecule has 1 aliphatic rings. The smallest absolute Gasteiger partial charge is 0.314 e. The minimum atomic E-state index is -1.00. The van der Waals surface area contributed by atoms with Crippen LogP contribution in [-0.2, 0) is 9.53 Å². The van der Waals surface area contributed by atoms with Crippen LogP contribution < -0.4 is 5.73 Å². The van der Waals surface area contributed by atoms with Gasteiger partial charge in [-0.25, -0.2) is 4.98 Å². The van der Waals surface area contributed by atoms with Crippen LogP contribution in [0.5, 0.6) is 0 Å². The maximum absolute atomic E-state index is 11.6. The van der Waals surface area contributed by atoms with Gasteiger partial charge in [-0.2, -0.15) is 0 Å². The van der Waals surface area contributed by atoms with E-state index >= 15 is 0 Å². The summed E-state index contributed by atoms with van der Waals surface area (Å²) >= 11 is 5.68. The van der Waals surface area contributed by atoms with Gasteiger partial charge in [0.05, 0.1) is 18.6 Å². The number of anilines is 1. The summed E-state index contributed by atoms with van der Waals surface area (Å²) < 4.78 is 4.70. The number of aliphatic hydroxyl groups is 1. The van der Waals surface area contributed by atoms with Crippen LogP contribution in [0.1, 0.15) is 24.5 Å². The van der Waals surface area contributed by atoms with E-state index in [9.17, 15) is 9.90 Å². The monoisotopic (exact) mass is 256 g/mol. The van der Waals surface area contributed by atoms with Gasteiger partial charge in [0.2, 0.25) is 0 Å². The summed E-state index contributed by atoms with van der Waals surface area (Å²) in [5.74, 6) is -0.278. The summed E-state index contributed by atoms with van der Waals surface area (Å²) in [6, 6.07) is 3.11. The van der Waals surface area contributed by atoms with E-state index in [-0.39, 0.29) is 11.0 Å². The van der Waals surface area contributed by atoms with Crippen molar-refractivity contribution in [2.24, 2.45) is 5.41 Å². The number of methoxy groups -OCH3 is 1. The Morgan fingerprint density at radius 1 is 1.65 bits per heavy atom. The molecule has 17 heavy (non-hydrogen) atoms. The van der Waals surface area contributed by atoms with Crippen LogP contribution in [0.15, 0.2) is 12.1 Å². The first-order valence-electron chi connectivity index (χ1n) is 5.19. The number of nitrogens with zero attached hydrogens (tertiary/aromatic N) is 1. The predicted molar refractivity (Wildman–Crippen MR) is 62.3 cm³/mol. The molecule has 92 valence electrons. The molecule has 0 amide bonds. The van der Waals surface area contributed by atoms with Crippen LogP contribution in [0, 0.1) is 5.41 Å². The molecule has 0 aromatic carbocycles. The quantitative estimate of drug-likeness (QED) is 0.629. The Balaban J connectivity index is 2.31. The van der Waals surface area contributed by atoms with Crippen LogP contribution in [-0.4, -0.2) is 23.2 Å². The lowest BCUT2D eigenvalue weighted by molar-refractivity contribution is -0.152. The molecular formula is C11H13ClN2O3. The van der Waals surface area contributed by atoms with E-state index in [0.717, 1.165) is 0 Å². The van der Waals surface area contributed by atoms with E-state index in [2.05, 4.69) is 4.98 Å². The Hall–Kier alpha value is -1.33. The van der Waals surface area contributed by atoms with E-state index < -0.39 is 17.5 Å². The number of nitrogens with two attached hydrogens (primary N) is 1. The number of halogens is 1. The largest absolute Gasteiger partial charge is 0.469 e. The molecule has 1 heterocycles. The van der Waals surface area contributed by atoms with Crippen molar-refractivity contribution in [1.82, 2.24) is 4.98 Å². The molecule has 1 fully saturated rings. The van der Waals surface area contributed by atoms with Crippen LogP contribution >= 0.6 is 11.6 Å². The third-order valence-electron chi connectivity index (χ3n) is 3.12. The van der Waals surface area contributed by atoms with Gasteiger partial charge in [-0.05, 0) is 25.0 Å². The van der Waals surface area contributed by atoms with Crippen molar-refractivity contribution in [2.75, 3.05) is 12.8 Å². The standard InChI is InChI=1S/C11H13ClN2O3/c1-17-10(16)11(4-5-11)8(15)6-2-3-7(12)14-9(6)13/h2-3,8,15H,4-5H2,1H3,(H2,13,14). The molecular weight excluding hydrogens is 244 g/mol. The van der Waals surface area contributed by atoms with Crippen molar-refractivity contribution in [1.29, 1.82) is 0 Å². The highest BCUT2D eigenvalue weighted by molar-refractivity contribution is 6.29. The summed E-state index contributed by atoms with van der Waals surface area (Å²) in [6.07, 6.45) is 0.172. The molecule has 0 radical (unpaired) electrons. The number of carbonyl (C=O) groups excluding carboxylic acids is 1. The number of ether oxygens (including phenoxy) is 1. The number of aromatic nitrogens is 1. The lowest BCUT2D eigenvalue weighted by Gasteiger charge is -2.20. The number of carbonyl (C=O) groups is 1. The van der Waals surface area contributed by atoms with Crippen LogP contribution in [0.2, 0.25) is 5.15 Å². The third kappa shape index (κ3) is 1.96. The third-order valence-corrected chi connectivity index (χ3v) is 3.33. The Bertz CT molecular complexity index is 460. The van der Waals surface area contributed by atoms with Gasteiger partial charge in [-0.15, -0.1) is 0 Å². The molecule has 2 rings (SSSR count). The fourth-order valence-corrected chi connectivity index (χ4v) is 2.07. The second kappa shape index (κ2) is 4.16. The molecule has 1 unspecified atom stereocenters. The van der Waals surface area contributed by atoms with Crippen LogP contribution in [0.3, 0.4) is 0 Å². The summed E-state index contributed by atoms with van der Waals surface area (Å²) in [4.78, 5) is 15.5. The van der Waals surface area contributed by atoms with Crippen molar-refractivity contribution in [3.05, 3.63) is 22.8 Å². The molecule has 5 nitrogen and oxygen atoms in total. The van der Waals surface area contributed by atoms with Gasteiger partial charge in [0.1, 0.15) is 11.0 Å². The molecule has 0 saturated heterocycles. The minimum Gasteiger partial charge on any atom is -0.469 e. The van der Waals surface area contributed by atoms with Crippen molar-refractivity contribution < 1.29 is 14.6 Å². The van der Waals surface area contributed by atoms with Gasteiger partial charge in [0.15, 0.2) is 0 Å². The predicted octanol–water partition coefficient (Wildman–Crippen LogP) is 1.30. The number of nitrogen functional groups attached to an aromatic ring is 1. The lowest BCUT2D eigenvalue weighted by Crippen LogP contribution is -2.26.